The lowest BCUT2D eigenvalue weighted by atomic mass is 9.76. The summed E-state index contributed by atoms with van der Waals surface area (Å²) in [5, 5.41) is 17.2. The molecular weight excluding hydrogens is 232 g/mol. The minimum absolute atomic E-state index is 0.104. The second-order valence-electron chi connectivity index (χ2n) is 6.88. The molecule has 0 amide bonds. The highest BCUT2D eigenvalue weighted by Gasteiger charge is 2.42. The molecule has 0 saturated heterocycles. The topological polar surface area (TPSA) is 71.2 Å². The number of carboxylic acid groups (broad SMARTS) is 1. The zero-order valence-electron chi connectivity index (χ0n) is 12.7. The van der Waals surface area contributed by atoms with Crippen molar-refractivity contribution in [3.63, 3.8) is 0 Å². The summed E-state index contributed by atoms with van der Waals surface area (Å²) in [7, 11) is 0. The highest BCUT2D eigenvalue weighted by molar-refractivity contribution is 5.57. The average Bonchev–Trinajstić information content (AvgIpc) is 2.10. The molecule has 0 aliphatic carbocycles. The number of hydrogen-bond donors (Lipinski definition) is 1. The van der Waals surface area contributed by atoms with E-state index in [-0.39, 0.29) is 16.9 Å². The molecule has 0 fully saturated rings. The lowest BCUT2D eigenvalue weighted by Crippen LogP contribution is -2.42. The van der Waals surface area contributed by atoms with E-state index >= 15 is 0 Å². The predicted molar refractivity (Wildman–Crippen MR) is 70.7 cm³/mol. The minimum Gasteiger partial charge on any atom is -0.450 e. The number of rotatable bonds is 3. The van der Waals surface area contributed by atoms with Crippen molar-refractivity contribution in [2.75, 3.05) is 0 Å². The van der Waals surface area contributed by atoms with E-state index in [1.807, 2.05) is 48.5 Å². The normalized spacial score (nSPS) is 18.4. The van der Waals surface area contributed by atoms with Crippen LogP contribution in [0.4, 0.5) is 4.79 Å². The molecule has 0 heterocycles. The molecule has 0 aromatic heterocycles. The first-order valence-electron chi connectivity index (χ1n) is 6.14. The van der Waals surface area contributed by atoms with Crippen molar-refractivity contribution in [2.45, 2.75) is 66.7 Å². The second kappa shape index (κ2) is 5.24. The summed E-state index contributed by atoms with van der Waals surface area (Å²) in [6.45, 7) is 15.4. The van der Waals surface area contributed by atoms with Gasteiger partial charge in [-0.15, -0.1) is 5.11 Å². The fraction of sp³-hybridized carbons (Fsp3) is 0.923. The highest BCUT2D eigenvalue weighted by atomic mass is 16.7. The maximum Gasteiger partial charge on any atom is 0.508 e. The van der Waals surface area contributed by atoms with Crippen LogP contribution >= 0.6 is 0 Å². The van der Waals surface area contributed by atoms with Gasteiger partial charge in [-0.1, -0.05) is 27.7 Å². The van der Waals surface area contributed by atoms with Crippen LogP contribution < -0.4 is 0 Å². The zero-order chi connectivity index (χ0) is 14.8. The van der Waals surface area contributed by atoms with E-state index in [2.05, 4.69) is 10.2 Å². The minimum atomic E-state index is -1.33. The van der Waals surface area contributed by atoms with Gasteiger partial charge in [0.2, 0.25) is 5.72 Å². The Morgan fingerprint density at radius 2 is 1.50 bits per heavy atom. The fourth-order valence-electron chi connectivity index (χ4n) is 1.42. The summed E-state index contributed by atoms with van der Waals surface area (Å²) in [5.41, 5.74) is -1.67. The molecule has 0 aliphatic heterocycles. The van der Waals surface area contributed by atoms with E-state index in [1.165, 1.54) is 0 Å². The Kier molecular flexibility index (Phi) is 4.91. The Labute approximate surface area is 110 Å². The van der Waals surface area contributed by atoms with Crippen LogP contribution in [-0.2, 0) is 4.74 Å². The van der Waals surface area contributed by atoms with Crippen LogP contribution in [0.25, 0.3) is 0 Å². The molecule has 0 rings (SSSR count). The van der Waals surface area contributed by atoms with E-state index in [0.29, 0.717) is 0 Å². The first-order valence-corrected chi connectivity index (χ1v) is 6.14. The largest absolute Gasteiger partial charge is 0.508 e. The Hall–Kier alpha value is -1.13. The van der Waals surface area contributed by atoms with Crippen molar-refractivity contribution in [2.24, 2.45) is 21.6 Å². The monoisotopic (exact) mass is 258 g/mol. The third kappa shape index (κ3) is 5.47. The zero-order valence-corrected chi connectivity index (χ0v) is 12.7. The van der Waals surface area contributed by atoms with Gasteiger partial charge in [0.05, 0.1) is 5.54 Å². The van der Waals surface area contributed by atoms with Gasteiger partial charge in [-0.05, 0) is 33.1 Å². The molecule has 0 bridgehead atoms. The molecule has 5 nitrogen and oxygen atoms in total. The van der Waals surface area contributed by atoms with Crippen LogP contribution in [0.15, 0.2) is 10.2 Å². The molecule has 0 saturated carbocycles. The first kappa shape index (κ1) is 16.9. The number of azo groups is 1. The highest BCUT2D eigenvalue weighted by Crippen LogP contribution is 2.38. The summed E-state index contributed by atoms with van der Waals surface area (Å²) >= 11 is 0. The summed E-state index contributed by atoms with van der Waals surface area (Å²) < 4.78 is 4.98. The molecule has 18 heavy (non-hydrogen) atoms. The van der Waals surface area contributed by atoms with Gasteiger partial charge in [-0.25, -0.2) is 4.79 Å². The molecule has 0 spiro atoms. The van der Waals surface area contributed by atoms with Crippen molar-refractivity contribution in [3.05, 3.63) is 0 Å². The lowest BCUT2D eigenvalue weighted by molar-refractivity contribution is -0.0696. The van der Waals surface area contributed by atoms with Gasteiger partial charge in [-0.2, -0.15) is 5.11 Å². The molecule has 0 radical (unpaired) electrons. The Bertz CT molecular complexity index is 326. The van der Waals surface area contributed by atoms with Crippen LogP contribution in [0.5, 0.6) is 0 Å². The smallest absolute Gasteiger partial charge is 0.450 e. The average molecular weight is 258 g/mol. The molecule has 2 unspecified atom stereocenters. The number of hydrogen-bond acceptors (Lipinski definition) is 4. The van der Waals surface area contributed by atoms with Gasteiger partial charge in [0, 0.05) is 5.92 Å². The van der Waals surface area contributed by atoms with Gasteiger partial charge in [0.25, 0.3) is 0 Å². The van der Waals surface area contributed by atoms with Crippen LogP contribution in [0, 0.1) is 11.3 Å². The van der Waals surface area contributed by atoms with Crippen LogP contribution in [0.2, 0.25) is 0 Å². The van der Waals surface area contributed by atoms with Crippen molar-refractivity contribution in [3.8, 4) is 0 Å². The summed E-state index contributed by atoms with van der Waals surface area (Å²) in [6, 6.07) is 0. The van der Waals surface area contributed by atoms with E-state index in [4.69, 9.17) is 9.84 Å². The van der Waals surface area contributed by atoms with Crippen LogP contribution in [0.1, 0.15) is 55.4 Å². The third-order valence-electron chi connectivity index (χ3n) is 2.94. The SMILES string of the molecule is CC(C(C)(C)C)C(C)(N=NC(C)(C)C)OC(=O)O. The maximum atomic E-state index is 10.8. The molecule has 0 aromatic carbocycles. The summed E-state index contributed by atoms with van der Waals surface area (Å²) in [5.74, 6) is -0.104. The molecule has 2 atom stereocenters. The predicted octanol–water partition coefficient (Wildman–Crippen LogP) is 4.33. The number of ether oxygens (including phenoxy) is 1. The molecule has 0 aliphatic rings. The van der Waals surface area contributed by atoms with Gasteiger partial charge in [0.15, 0.2) is 0 Å². The van der Waals surface area contributed by atoms with Gasteiger partial charge in [0.1, 0.15) is 0 Å². The Morgan fingerprint density at radius 1 is 1.06 bits per heavy atom. The summed E-state index contributed by atoms with van der Waals surface area (Å²) in [6.07, 6.45) is -1.33. The van der Waals surface area contributed by atoms with E-state index in [1.54, 1.807) is 6.92 Å². The molecule has 0 aromatic rings. The van der Waals surface area contributed by atoms with Crippen LogP contribution in [-0.4, -0.2) is 22.5 Å². The van der Waals surface area contributed by atoms with Gasteiger partial charge in [-0.3, -0.25) is 0 Å². The Balaban J connectivity index is 5.32. The Morgan fingerprint density at radius 3 is 1.78 bits per heavy atom. The lowest BCUT2D eigenvalue weighted by Gasteiger charge is -2.38. The molecular formula is C13H26N2O3. The standard InChI is InChI=1S/C13H26N2O3/c1-9(11(2,3)4)13(8,18-10(16)17)15-14-12(5,6)7/h9H,1-8H3,(H,16,17). The quantitative estimate of drug-likeness (QED) is 0.605. The second-order valence-corrected chi connectivity index (χ2v) is 6.88. The van der Waals surface area contributed by atoms with Crippen LogP contribution in [0.3, 0.4) is 0 Å². The van der Waals surface area contributed by atoms with E-state index in [9.17, 15) is 4.79 Å². The summed E-state index contributed by atoms with van der Waals surface area (Å²) in [4.78, 5) is 10.8. The van der Waals surface area contributed by atoms with Gasteiger partial charge >= 0.3 is 6.16 Å². The van der Waals surface area contributed by atoms with Crippen molar-refractivity contribution < 1.29 is 14.6 Å². The molecule has 106 valence electrons. The van der Waals surface area contributed by atoms with Gasteiger partial charge < -0.3 is 9.84 Å². The van der Waals surface area contributed by atoms with E-state index in [0.717, 1.165) is 0 Å². The van der Waals surface area contributed by atoms with Crippen molar-refractivity contribution >= 4 is 6.16 Å². The number of carbonyl (C=O) groups is 1. The number of nitrogens with zero attached hydrogens (tertiary/aromatic N) is 2. The van der Waals surface area contributed by atoms with Crippen molar-refractivity contribution in [1.82, 2.24) is 0 Å². The van der Waals surface area contributed by atoms with Crippen molar-refractivity contribution in [1.29, 1.82) is 0 Å². The maximum absolute atomic E-state index is 10.8. The molecule has 1 N–H and O–H groups in total. The first-order chi connectivity index (χ1) is 7.78. The fourth-order valence-corrected chi connectivity index (χ4v) is 1.42. The molecule has 5 heteroatoms. The van der Waals surface area contributed by atoms with E-state index < -0.39 is 11.9 Å². The third-order valence-corrected chi connectivity index (χ3v) is 2.94.